The van der Waals surface area contributed by atoms with Crippen molar-refractivity contribution >= 4 is 28.6 Å². The third-order valence-electron chi connectivity index (χ3n) is 2.66. The number of nitrogens with zero attached hydrogens (tertiary/aromatic N) is 1. The fourth-order valence-corrected chi connectivity index (χ4v) is 1.85. The topological polar surface area (TPSA) is 24.5 Å². The molecule has 3 nitrogen and oxygen atoms in total. The number of methoxy groups -OCH3 is 1. The SMILES string of the molecule is COc1ccc(N(Nc2ccccc2)C(C)=S)cc1. The summed E-state index contributed by atoms with van der Waals surface area (Å²) in [7, 11) is 1.65. The molecule has 0 spiro atoms. The van der Waals surface area contributed by atoms with Crippen LogP contribution in [0.2, 0.25) is 0 Å². The maximum Gasteiger partial charge on any atom is 0.119 e. The maximum atomic E-state index is 5.29. The molecule has 0 aromatic heterocycles. The van der Waals surface area contributed by atoms with Crippen molar-refractivity contribution < 1.29 is 4.74 Å². The summed E-state index contributed by atoms with van der Waals surface area (Å²) in [5.41, 5.74) is 5.24. The zero-order valence-electron chi connectivity index (χ0n) is 11.0. The van der Waals surface area contributed by atoms with E-state index in [2.05, 4.69) is 5.43 Å². The lowest BCUT2D eigenvalue weighted by molar-refractivity contribution is 0.415. The van der Waals surface area contributed by atoms with Gasteiger partial charge in [0, 0.05) is 0 Å². The van der Waals surface area contributed by atoms with Crippen LogP contribution < -0.4 is 15.2 Å². The number of thiocarbonyl (C=S) groups is 1. The van der Waals surface area contributed by atoms with Gasteiger partial charge in [-0.15, -0.1) is 0 Å². The Labute approximate surface area is 118 Å². The van der Waals surface area contributed by atoms with E-state index < -0.39 is 0 Å². The standard InChI is InChI=1S/C15H16N2OS/c1-12(19)17(16-13-6-4-3-5-7-13)14-8-10-15(18-2)11-9-14/h3-11,16H,1-2H3. The molecule has 2 aromatic carbocycles. The first-order valence-electron chi connectivity index (χ1n) is 5.97. The molecule has 19 heavy (non-hydrogen) atoms. The van der Waals surface area contributed by atoms with Gasteiger partial charge in [0.05, 0.1) is 23.5 Å². The highest BCUT2D eigenvalue weighted by molar-refractivity contribution is 7.80. The summed E-state index contributed by atoms with van der Waals surface area (Å²) in [5, 5.41) is 1.87. The van der Waals surface area contributed by atoms with Gasteiger partial charge in [0.25, 0.3) is 0 Å². The Morgan fingerprint density at radius 1 is 1.05 bits per heavy atom. The smallest absolute Gasteiger partial charge is 0.119 e. The van der Waals surface area contributed by atoms with Crippen LogP contribution in [0, 0.1) is 0 Å². The average molecular weight is 272 g/mol. The molecule has 98 valence electrons. The monoisotopic (exact) mass is 272 g/mol. The number of hydrogen-bond acceptors (Lipinski definition) is 3. The van der Waals surface area contributed by atoms with Gasteiger partial charge >= 0.3 is 0 Å². The number of rotatable bonds is 4. The lowest BCUT2D eigenvalue weighted by Gasteiger charge is -2.25. The first-order valence-corrected chi connectivity index (χ1v) is 6.38. The lowest BCUT2D eigenvalue weighted by atomic mass is 10.3. The Morgan fingerprint density at radius 3 is 2.21 bits per heavy atom. The zero-order valence-corrected chi connectivity index (χ0v) is 11.8. The predicted molar refractivity (Wildman–Crippen MR) is 83.8 cm³/mol. The number of ether oxygens (including phenoxy) is 1. The Balaban J connectivity index is 2.22. The molecule has 0 fully saturated rings. The van der Waals surface area contributed by atoms with Gasteiger partial charge in [0.1, 0.15) is 5.75 Å². The summed E-state index contributed by atoms with van der Waals surface area (Å²) in [4.78, 5) is 0.744. The summed E-state index contributed by atoms with van der Waals surface area (Å²) in [5.74, 6) is 0.824. The molecule has 0 radical (unpaired) electrons. The fraction of sp³-hybridized carbons (Fsp3) is 0.133. The average Bonchev–Trinajstić information content (AvgIpc) is 2.46. The summed E-state index contributed by atoms with van der Waals surface area (Å²) in [6.07, 6.45) is 0. The molecule has 0 aliphatic heterocycles. The normalized spacial score (nSPS) is 9.79. The van der Waals surface area contributed by atoms with E-state index in [1.54, 1.807) is 7.11 Å². The highest BCUT2D eigenvalue weighted by Crippen LogP contribution is 2.21. The molecule has 1 N–H and O–H groups in total. The van der Waals surface area contributed by atoms with E-state index in [0.29, 0.717) is 0 Å². The van der Waals surface area contributed by atoms with E-state index in [1.807, 2.05) is 66.5 Å². The van der Waals surface area contributed by atoms with Crippen LogP contribution in [0.15, 0.2) is 54.6 Å². The molecular formula is C15H16N2OS. The van der Waals surface area contributed by atoms with Crippen LogP contribution in [-0.2, 0) is 0 Å². The van der Waals surface area contributed by atoms with Crippen molar-refractivity contribution in [3.63, 3.8) is 0 Å². The Morgan fingerprint density at radius 2 is 1.68 bits per heavy atom. The summed E-state index contributed by atoms with van der Waals surface area (Å²) < 4.78 is 5.16. The van der Waals surface area contributed by atoms with Crippen molar-refractivity contribution in [2.45, 2.75) is 6.92 Å². The first kappa shape index (κ1) is 13.4. The van der Waals surface area contributed by atoms with Crippen LogP contribution in [0.1, 0.15) is 6.92 Å². The summed E-state index contributed by atoms with van der Waals surface area (Å²) in [6.45, 7) is 1.88. The number of anilines is 2. The quantitative estimate of drug-likeness (QED) is 0.674. The molecule has 0 saturated heterocycles. The van der Waals surface area contributed by atoms with Crippen molar-refractivity contribution in [3.05, 3.63) is 54.6 Å². The Hall–Kier alpha value is -2.07. The number of benzene rings is 2. The van der Waals surface area contributed by atoms with Gasteiger partial charge in [0.15, 0.2) is 0 Å². The molecule has 0 unspecified atom stereocenters. The van der Waals surface area contributed by atoms with E-state index in [0.717, 1.165) is 22.1 Å². The van der Waals surface area contributed by atoms with E-state index >= 15 is 0 Å². The van der Waals surface area contributed by atoms with Gasteiger partial charge in [0.2, 0.25) is 0 Å². The zero-order chi connectivity index (χ0) is 13.7. The molecule has 4 heteroatoms. The minimum absolute atomic E-state index is 0.744. The van der Waals surface area contributed by atoms with Crippen molar-refractivity contribution in [1.29, 1.82) is 0 Å². The molecule has 0 aliphatic rings. The number of hydrogen-bond donors (Lipinski definition) is 1. The van der Waals surface area contributed by atoms with E-state index in [4.69, 9.17) is 17.0 Å². The maximum absolute atomic E-state index is 5.29. The number of para-hydroxylation sites is 1. The first-order chi connectivity index (χ1) is 9.20. The van der Waals surface area contributed by atoms with Crippen molar-refractivity contribution in [2.24, 2.45) is 0 Å². The highest BCUT2D eigenvalue weighted by atomic mass is 32.1. The van der Waals surface area contributed by atoms with Crippen LogP contribution >= 0.6 is 12.2 Å². The molecule has 2 rings (SSSR count). The predicted octanol–water partition coefficient (Wildman–Crippen LogP) is 3.88. The molecule has 0 aliphatic carbocycles. The van der Waals surface area contributed by atoms with E-state index in [9.17, 15) is 0 Å². The number of nitrogens with one attached hydrogen (secondary N) is 1. The second-order valence-corrected chi connectivity index (χ2v) is 4.62. The third-order valence-corrected chi connectivity index (χ3v) is 2.84. The minimum atomic E-state index is 0.744. The lowest BCUT2D eigenvalue weighted by Crippen LogP contribution is -2.33. The third kappa shape index (κ3) is 3.45. The van der Waals surface area contributed by atoms with Crippen molar-refractivity contribution in [2.75, 3.05) is 17.5 Å². The van der Waals surface area contributed by atoms with Crippen LogP contribution in [0.25, 0.3) is 0 Å². The van der Waals surface area contributed by atoms with Gasteiger partial charge in [-0.25, -0.2) is 5.01 Å². The fourth-order valence-electron chi connectivity index (χ4n) is 1.70. The summed E-state index contributed by atoms with van der Waals surface area (Å²) >= 11 is 5.29. The van der Waals surface area contributed by atoms with Crippen molar-refractivity contribution in [3.8, 4) is 5.75 Å². The van der Waals surface area contributed by atoms with Crippen LogP contribution in [-0.4, -0.2) is 12.1 Å². The largest absolute Gasteiger partial charge is 0.497 e. The van der Waals surface area contributed by atoms with Crippen LogP contribution in [0.4, 0.5) is 11.4 Å². The van der Waals surface area contributed by atoms with Crippen molar-refractivity contribution in [1.82, 2.24) is 0 Å². The molecule has 0 atom stereocenters. The van der Waals surface area contributed by atoms with Gasteiger partial charge < -0.3 is 4.74 Å². The Kier molecular flexibility index (Phi) is 4.36. The minimum Gasteiger partial charge on any atom is -0.497 e. The molecule has 0 amide bonds. The second kappa shape index (κ2) is 6.20. The van der Waals surface area contributed by atoms with Gasteiger partial charge in [-0.1, -0.05) is 30.4 Å². The molecule has 2 aromatic rings. The van der Waals surface area contributed by atoms with E-state index in [-0.39, 0.29) is 0 Å². The van der Waals surface area contributed by atoms with E-state index in [1.165, 1.54) is 0 Å². The van der Waals surface area contributed by atoms with Gasteiger partial charge in [-0.3, -0.25) is 5.43 Å². The van der Waals surface area contributed by atoms with Crippen LogP contribution in [0.3, 0.4) is 0 Å². The highest BCUT2D eigenvalue weighted by Gasteiger charge is 2.08. The van der Waals surface area contributed by atoms with Gasteiger partial charge in [-0.2, -0.15) is 0 Å². The second-order valence-electron chi connectivity index (χ2n) is 4.03. The van der Waals surface area contributed by atoms with Crippen LogP contribution in [0.5, 0.6) is 5.75 Å². The molecular weight excluding hydrogens is 256 g/mol. The number of hydrazine groups is 1. The summed E-state index contributed by atoms with van der Waals surface area (Å²) in [6, 6.07) is 17.7. The Bertz CT molecular complexity index is 540. The molecule has 0 heterocycles. The molecule has 0 bridgehead atoms. The molecule has 0 saturated carbocycles. The van der Waals surface area contributed by atoms with Gasteiger partial charge in [-0.05, 0) is 43.3 Å².